The molecule has 4 nitrogen and oxygen atoms in total. The third-order valence-corrected chi connectivity index (χ3v) is 17.4. The second-order valence-corrected chi connectivity index (χ2v) is 26.3. The van der Waals surface area contributed by atoms with Crippen LogP contribution in [0.3, 0.4) is 0 Å². The zero-order valence-electron chi connectivity index (χ0n) is 46.8. The first-order valence-electron chi connectivity index (χ1n) is 27.8. The first-order valence-corrected chi connectivity index (χ1v) is 27.8. The van der Waals surface area contributed by atoms with Gasteiger partial charge in [-0.2, -0.15) is 0 Å². The highest BCUT2D eigenvalue weighted by Gasteiger charge is 2.60. The van der Waals surface area contributed by atoms with Crippen molar-refractivity contribution < 1.29 is 0 Å². The second-order valence-electron chi connectivity index (χ2n) is 26.3. The van der Waals surface area contributed by atoms with E-state index in [0.29, 0.717) is 0 Å². The second kappa shape index (κ2) is 16.0. The molecule has 2 aliphatic heterocycles. The number of allylic oxidation sites excluding steroid dienone is 1. The van der Waals surface area contributed by atoms with Gasteiger partial charge in [-0.1, -0.05) is 204 Å². The van der Waals surface area contributed by atoms with Crippen LogP contribution in [0.25, 0.3) is 44.3 Å². The van der Waals surface area contributed by atoms with E-state index in [4.69, 9.17) is 0 Å². The average Bonchev–Trinajstić information content (AvgIpc) is 2.70. The fourth-order valence-corrected chi connectivity index (χ4v) is 13.5. The summed E-state index contributed by atoms with van der Waals surface area (Å²) in [6.07, 6.45) is 0. The molecular weight excluding hydrogens is 933 g/mol. The van der Waals surface area contributed by atoms with Gasteiger partial charge in [0.05, 0.1) is 56.3 Å². The van der Waals surface area contributed by atoms with Gasteiger partial charge in [0.25, 0.3) is 0 Å². The van der Waals surface area contributed by atoms with Crippen molar-refractivity contribution in [1.82, 2.24) is 4.57 Å². The van der Waals surface area contributed by atoms with E-state index in [0.717, 1.165) is 34.1 Å². The molecule has 4 aliphatic rings. The fraction of sp³-hybridized carbons (Fsp3) is 0.233. The van der Waals surface area contributed by atoms with E-state index in [1.165, 1.54) is 100 Å². The Morgan fingerprint density at radius 1 is 0.338 bits per heavy atom. The molecular formula is C73H68N4. The number of para-hydroxylation sites is 2. The minimum Gasteiger partial charge on any atom is -0.309 e. The Balaban J connectivity index is 1.19. The number of benzene rings is 9. The van der Waals surface area contributed by atoms with Crippen LogP contribution in [0.1, 0.15) is 128 Å². The maximum absolute atomic E-state index is 2.75. The molecule has 14 rings (SSSR count). The lowest BCUT2D eigenvalue weighted by atomic mass is 9.70. The lowest BCUT2D eigenvalue weighted by Gasteiger charge is -2.50. The summed E-state index contributed by atoms with van der Waals surface area (Å²) in [5.41, 5.74) is 26.1. The van der Waals surface area contributed by atoms with Crippen molar-refractivity contribution in [2.24, 2.45) is 0 Å². The van der Waals surface area contributed by atoms with Gasteiger partial charge in [0, 0.05) is 39.0 Å². The molecule has 9 aromatic carbocycles. The van der Waals surface area contributed by atoms with Crippen LogP contribution in [0.2, 0.25) is 0 Å². The maximum atomic E-state index is 2.75. The number of hydrogen-bond donors (Lipinski definition) is 0. The number of aromatic nitrogens is 1. The summed E-state index contributed by atoms with van der Waals surface area (Å²) in [6.45, 7) is 27.9. The first kappa shape index (κ1) is 47.4. The molecule has 0 saturated heterocycles. The highest BCUT2D eigenvalue weighted by Crippen LogP contribution is 2.71. The smallest absolute Gasteiger partial charge is 0.0945 e. The lowest BCUT2D eigenvalue weighted by Crippen LogP contribution is -2.41. The first-order chi connectivity index (χ1) is 36.8. The molecule has 0 atom stereocenters. The summed E-state index contributed by atoms with van der Waals surface area (Å²) < 4.78 is 2.60. The van der Waals surface area contributed by atoms with Gasteiger partial charge in [0.2, 0.25) is 0 Å². The van der Waals surface area contributed by atoms with Crippen LogP contribution in [-0.2, 0) is 27.1 Å². The molecule has 0 N–H and O–H groups in total. The average molecular weight is 1000 g/mol. The minimum absolute atomic E-state index is 0.0146. The Labute approximate surface area is 455 Å². The van der Waals surface area contributed by atoms with E-state index >= 15 is 0 Å². The molecule has 3 heterocycles. The molecule has 0 bridgehead atoms. The molecule has 0 unspecified atom stereocenters. The van der Waals surface area contributed by atoms with Gasteiger partial charge < -0.3 is 19.3 Å². The van der Waals surface area contributed by atoms with Gasteiger partial charge >= 0.3 is 0 Å². The molecule has 77 heavy (non-hydrogen) atoms. The summed E-state index contributed by atoms with van der Waals surface area (Å²) in [4.78, 5) is 7.94. The standard InChI is InChI=1S/C73H68N4/c1-69(2,3)45-29-35-50(36-30-45)74-60-42-34-48(72(10,11)12)44-63(60)77-67-61(74)27-20-28-62(67)76(51-37-31-46(32-38-51)70(4,5)6)66-55-40-39-54-56-43-47(71(7,8)9)33-41-59(56)75(49-21-14-13-15-22-49)65(54)64(55)73(68(66)77)57-25-18-16-23-52(57)53-24-17-19-26-58(53)73/h13-44H,1-12H3. The quantitative estimate of drug-likeness (QED) is 0.175. The Hall–Kier alpha value is -8.08. The van der Waals surface area contributed by atoms with Crippen LogP contribution in [-0.4, -0.2) is 4.57 Å². The molecule has 0 saturated carbocycles. The van der Waals surface area contributed by atoms with Crippen molar-refractivity contribution in [3.8, 4) is 16.8 Å². The van der Waals surface area contributed by atoms with Crippen LogP contribution in [0.5, 0.6) is 0 Å². The van der Waals surface area contributed by atoms with Crippen molar-refractivity contribution in [2.45, 2.75) is 110 Å². The summed E-state index contributed by atoms with van der Waals surface area (Å²) in [7, 11) is 0. The van der Waals surface area contributed by atoms with Gasteiger partial charge in [-0.15, -0.1) is 0 Å². The molecule has 0 amide bonds. The normalized spacial score (nSPS) is 15.2. The Morgan fingerprint density at radius 2 is 0.844 bits per heavy atom. The third kappa shape index (κ3) is 6.63. The van der Waals surface area contributed by atoms with E-state index in [2.05, 4.69) is 296 Å². The SMILES string of the molecule is CC(C)(C)c1ccc(N2C3=C(N4c5cc(C(C)(C)C)ccc5N(c5ccc(C(C)(C)C)cc5)c5cccc2c54)C2(c4ccccc4-c4ccccc42)c2c3ccc3c4cc(C(C)(C)C)ccc4n(-c4ccccc4)c23)cc1. The van der Waals surface area contributed by atoms with E-state index in [9.17, 15) is 0 Å². The van der Waals surface area contributed by atoms with Crippen LogP contribution in [0.15, 0.2) is 200 Å². The van der Waals surface area contributed by atoms with Crippen LogP contribution < -0.4 is 14.7 Å². The molecule has 4 heteroatoms. The molecule has 1 aromatic heterocycles. The zero-order chi connectivity index (χ0) is 53.3. The van der Waals surface area contributed by atoms with E-state index in [1.54, 1.807) is 0 Å². The molecule has 380 valence electrons. The van der Waals surface area contributed by atoms with E-state index in [-0.39, 0.29) is 21.7 Å². The topological polar surface area (TPSA) is 14.7 Å². The van der Waals surface area contributed by atoms with Gasteiger partial charge in [-0.05, 0) is 139 Å². The Bertz CT molecular complexity index is 4080. The van der Waals surface area contributed by atoms with E-state index in [1.807, 2.05) is 0 Å². The zero-order valence-corrected chi connectivity index (χ0v) is 46.8. The van der Waals surface area contributed by atoms with Crippen molar-refractivity contribution >= 4 is 67.3 Å². The Morgan fingerprint density at radius 3 is 1.43 bits per heavy atom. The van der Waals surface area contributed by atoms with Crippen LogP contribution in [0, 0.1) is 0 Å². The van der Waals surface area contributed by atoms with Crippen molar-refractivity contribution in [3.63, 3.8) is 0 Å². The lowest BCUT2D eigenvalue weighted by molar-refractivity contribution is 0.590. The molecule has 1 spiro atoms. The monoisotopic (exact) mass is 1000 g/mol. The number of anilines is 7. The molecule has 0 radical (unpaired) electrons. The van der Waals surface area contributed by atoms with Crippen LogP contribution >= 0.6 is 0 Å². The molecule has 10 aromatic rings. The molecule has 0 fully saturated rings. The Kier molecular flexibility index (Phi) is 9.84. The van der Waals surface area contributed by atoms with Gasteiger partial charge in [-0.25, -0.2) is 0 Å². The van der Waals surface area contributed by atoms with Crippen LogP contribution in [0.4, 0.5) is 39.8 Å². The number of hydrogen-bond acceptors (Lipinski definition) is 3. The number of rotatable bonds is 3. The minimum atomic E-state index is -0.801. The van der Waals surface area contributed by atoms with Crippen molar-refractivity contribution in [1.29, 1.82) is 0 Å². The highest BCUT2D eigenvalue weighted by molar-refractivity contribution is 6.19. The summed E-state index contributed by atoms with van der Waals surface area (Å²) >= 11 is 0. The summed E-state index contributed by atoms with van der Waals surface area (Å²) in [5.74, 6) is 0. The predicted molar refractivity (Wildman–Crippen MR) is 326 cm³/mol. The van der Waals surface area contributed by atoms with Gasteiger partial charge in [-0.3, -0.25) is 0 Å². The van der Waals surface area contributed by atoms with Gasteiger partial charge in [0.1, 0.15) is 0 Å². The highest BCUT2D eigenvalue weighted by atomic mass is 15.3. The fourth-order valence-electron chi connectivity index (χ4n) is 13.5. The third-order valence-electron chi connectivity index (χ3n) is 17.4. The van der Waals surface area contributed by atoms with Gasteiger partial charge in [0.15, 0.2) is 0 Å². The summed E-state index contributed by atoms with van der Waals surface area (Å²) in [5, 5.41) is 2.53. The predicted octanol–water partition coefficient (Wildman–Crippen LogP) is 19.7. The maximum Gasteiger partial charge on any atom is 0.0945 e. The molecule has 2 aliphatic carbocycles. The van der Waals surface area contributed by atoms with Crippen molar-refractivity contribution in [3.05, 3.63) is 244 Å². The number of fused-ring (bicyclic) bond motifs is 16. The summed E-state index contributed by atoms with van der Waals surface area (Å²) in [6, 6.07) is 75.2. The number of nitrogens with zero attached hydrogens (tertiary/aromatic N) is 4. The van der Waals surface area contributed by atoms with E-state index < -0.39 is 5.41 Å². The largest absolute Gasteiger partial charge is 0.309 e. The van der Waals surface area contributed by atoms with Crippen molar-refractivity contribution in [2.75, 3.05) is 14.7 Å².